The molecule has 4 rings (SSSR count). The summed E-state index contributed by atoms with van der Waals surface area (Å²) in [7, 11) is 0. The summed E-state index contributed by atoms with van der Waals surface area (Å²) >= 11 is 0. The van der Waals surface area contributed by atoms with Crippen LogP contribution in [0, 0.1) is 57.7 Å². The highest BCUT2D eigenvalue weighted by Crippen LogP contribution is 2.75. The van der Waals surface area contributed by atoms with Gasteiger partial charge in [0.2, 0.25) is 0 Å². The molecule has 170 valence electrons. The Balaban J connectivity index is 1.56. The summed E-state index contributed by atoms with van der Waals surface area (Å²) in [5.41, 5.74) is 0.127. The van der Waals surface area contributed by atoms with Crippen LogP contribution in [0.25, 0.3) is 0 Å². The van der Waals surface area contributed by atoms with Gasteiger partial charge in [0.25, 0.3) is 0 Å². The average molecular weight is 415 g/mol. The molecule has 0 bridgehead atoms. The first-order valence-electron chi connectivity index (χ1n) is 13.1. The Morgan fingerprint density at radius 2 is 1.73 bits per heavy atom. The molecule has 0 heterocycles. The van der Waals surface area contributed by atoms with E-state index in [1.807, 2.05) is 0 Å². The summed E-state index contributed by atoms with van der Waals surface area (Å²) in [5.74, 6) is 4.79. The number of aldehydes is 1. The molecule has 0 aromatic heterocycles. The number of hydrogen-bond acceptors (Lipinski definition) is 2. The minimum atomic E-state index is -0.375. The van der Waals surface area contributed by atoms with Crippen molar-refractivity contribution in [2.75, 3.05) is 0 Å². The van der Waals surface area contributed by atoms with E-state index >= 15 is 0 Å². The molecular weight excluding hydrogens is 368 g/mol. The monoisotopic (exact) mass is 414 g/mol. The van der Waals surface area contributed by atoms with E-state index in [1.54, 1.807) is 6.92 Å². The molecule has 0 N–H and O–H groups in total. The van der Waals surface area contributed by atoms with Gasteiger partial charge in [0.05, 0.1) is 0 Å². The molecule has 0 aliphatic heterocycles. The number of ketones is 1. The lowest BCUT2D eigenvalue weighted by Crippen LogP contribution is -2.44. The minimum absolute atomic E-state index is 0.0241. The normalized spacial score (nSPS) is 48.3. The third-order valence-corrected chi connectivity index (χ3v) is 11.4. The molecule has 0 saturated heterocycles. The SMILES string of the molecule is CC(=O)[C@H]1CC[C@]2(C)[C@H]3CC[C@]4(C)[C@@H]([C@H](C)CCCC(C)C)CC[C@H]4[C@@H]3C[C@]12C=O. The third kappa shape index (κ3) is 3.01. The summed E-state index contributed by atoms with van der Waals surface area (Å²) in [6, 6.07) is 0. The van der Waals surface area contributed by atoms with Crippen LogP contribution in [0.4, 0.5) is 0 Å². The van der Waals surface area contributed by atoms with Crippen LogP contribution < -0.4 is 0 Å². The second-order valence-electron chi connectivity index (χ2n) is 12.9. The van der Waals surface area contributed by atoms with E-state index in [0.29, 0.717) is 17.3 Å². The average Bonchev–Trinajstić information content (AvgIpc) is 3.24. The van der Waals surface area contributed by atoms with Gasteiger partial charge in [-0.15, -0.1) is 0 Å². The van der Waals surface area contributed by atoms with Gasteiger partial charge in [-0.1, -0.05) is 53.9 Å². The molecule has 0 aromatic carbocycles. The molecular formula is C28H46O2. The van der Waals surface area contributed by atoms with E-state index in [4.69, 9.17) is 0 Å². The van der Waals surface area contributed by atoms with Gasteiger partial charge < -0.3 is 4.79 Å². The maximum Gasteiger partial charge on any atom is 0.133 e. The van der Waals surface area contributed by atoms with Gasteiger partial charge in [0, 0.05) is 11.3 Å². The van der Waals surface area contributed by atoms with Crippen LogP contribution in [0.15, 0.2) is 0 Å². The molecule has 0 aromatic rings. The molecule has 4 aliphatic carbocycles. The quantitative estimate of drug-likeness (QED) is 0.416. The van der Waals surface area contributed by atoms with Crippen molar-refractivity contribution in [3.8, 4) is 0 Å². The lowest BCUT2D eigenvalue weighted by atomic mass is 9.54. The van der Waals surface area contributed by atoms with Crippen LogP contribution >= 0.6 is 0 Å². The second kappa shape index (κ2) is 7.73. The summed E-state index contributed by atoms with van der Waals surface area (Å²) in [6.45, 7) is 13.9. The fourth-order valence-corrected chi connectivity index (χ4v) is 9.85. The molecule has 0 unspecified atom stereocenters. The van der Waals surface area contributed by atoms with Crippen molar-refractivity contribution < 1.29 is 9.59 Å². The van der Waals surface area contributed by atoms with Gasteiger partial charge in [0.1, 0.15) is 12.1 Å². The highest BCUT2D eigenvalue weighted by molar-refractivity contribution is 5.85. The molecule has 4 saturated carbocycles. The van der Waals surface area contributed by atoms with E-state index in [9.17, 15) is 9.59 Å². The highest BCUT2D eigenvalue weighted by atomic mass is 16.1. The molecule has 0 amide bonds. The van der Waals surface area contributed by atoms with E-state index in [-0.39, 0.29) is 22.5 Å². The predicted octanol–water partition coefficient (Wildman–Crippen LogP) is 7.10. The zero-order valence-corrected chi connectivity index (χ0v) is 20.5. The summed E-state index contributed by atoms with van der Waals surface area (Å²) in [4.78, 5) is 25.2. The summed E-state index contributed by atoms with van der Waals surface area (Å²) in [6.07, 6.45) is 13.7. The van der Waals surface area contributed by atoms with Crippen LogP contribution in [0.5, 0.6) is 0 Å². The Bertz CT molecular complexity index is 682. The molecule has 2 heteroatoms. The van der Waals surface area contributed by atoms with Crippen LogP contribution in [-0.4, -0.2) is 12.1 Å². The molecule has 2 nitrogen and oxygen atoms in total. The van der Waals surface area contributed by atoms with Gasteiger partial charge in [-0.2, -0.15) is 0 Å². The van der Waals surface area contributed by atoms with Crippen molar-refractivity contribution >= 4 is 12.1 Å². The van der Waals surface area contributed by atoms with Gasteiger partial charge in [-0.25, -0.2) is 0 Å². The first-order valence-corrected chi connectivity index (χ1v) is 13.1. The number of carbonyl (C=O) groups is 2. The van der Waals surface area contributed by atoms with Crippen molar-refractivity contribution in [1.82, 2.24) is 0 Å². The standard InChI is InChI=1S/C28H46O2/c1-18(2)8-7-9-19(3)22-10-11-24-21-16-28(17-29)23(20(4)30)13-15-27(28,6)25(21)12-14-26(22,24)5/h17-19,21-25H,7-16H2,1-6H3/t19-,21+,22-,23-,24+,25+,26-,27-,28+/m1/s1. The Morgan fingerprint density at radius 1 is 1.00 bits per heavy atom. The molecule has 9 atom stereocenters. The second-order valence-corrected chi connectivity index (χ2v) is 12.9. The van der Waals surface area contributed by atoms with E-state index in [0.717, 1.165) is 42.9 Å². The Kier molecular flexibility index (Phi) is 5.81. The fraction of sp³-hybridized carbons (Fsp3) is 0.929. The highest BCUT2D eigenvalue weighted by Gasteiger charge is 2.71. The third-order valence-electron chi connectivity index (χ3n) is 11.4. The number of hydrogen-bond donors (Lipinski definition) is 0. The lowest BCUT2D eigenvalue weighted by Gasteiger charge is -2.50. The van der Waals surface area contributed by atoms with Crippen LogP contribution in [-0.2, 0) is 9.59 Å². The van der Waals surface area contributed by atoms with Gasteiger partial charge >= 0.3 is 0 Å². The first kappa shape index (κ1) is 22.5. The number of carbonyl (C=O) groups excluding carboxylic acids is 2. The maximum atomic E-state index is 12.6. The summed E-state index contributed by atoms with van der Waals surface area (Å²) in [5, 5.41) is 0. The molecule has 4 aliphatic rings. The van der Waals surface area contributed by atoms with Crippen LogP contribution in [0.1, 0.15) is 106 Å². The maximum absolute atomic E-state index is 12.6. The van der Waals surface area contributed by atoms with Crippen molar-refractivity contribution in [2.45, 2.75) is 106 Å². The van der Waals surface area contributed by atoms with Crippen LogP contribution in [0.3, 0.4) is 0 Å². The zero-order valence-electron chi connectivity index (χ0n) is 20.5. The topological polar surface area (TPSA) is 34.1 Å². The number of fused-ring (bicyclic) bond motifs is 5. The van der Waals surface area contributed by atoms with Crippen molar-refractivity contribution in [1.29, 1.82) is 0 Å². The molecule has 30 heavy (non-hydrogen) atoms. The zero-order chi connectivity index (χ0) is 21.9. The van der Waals surface area contributed by atoms with Crippen molar-refractivity contribution in [3.05, 3.63) is 0 Å². The van der Waals surface area contributed by atoms with Crippen molar-refractivity contribution in [3.63, 3.8) is 0 Å². The van der Waals surface area contributed by atoms with Crippen LogP contribution in [0.2, 0.25) is 0 Å². The van der Waals surface area contributed by atoms with Gasteiger partial charge in [-0.3, -0.25) is 4.79 Å². The smallest absolute Gasteiger partial charge is 0.133 e. The largest absolute Gasteiger partial charge is 0.303 e. The predicted molar refractivity (Wildman–Crippen MR) is 123 cm³/mol. The number of Topliss-reactive ketones (excluding diaryl/α,β-unsaturated/α-hetero) is 1. The minimum Gasteiger partial charge on any atom is -0.303 e. The Morgan fingerprint density at radius 3 is 2.37 bits per heavy atom. The Labute approximate surface area is 185 Å². The van der Waals surface area contributed by atoms with E-state index in [2.05, 4.69) is 34.6 Å². The first-order chi connectivity index (χ1) is 14.1. The Hall–Kier alpha value is -0.660. The molecule has 4 fully saturated rings. The van der Waals surface area contributed by atoms with E-state index in [1.165, 1.54) is 51.2 Å². The van der Waals surface area contributed by atoms with E-state index < -0.39 is 0 Å². The van der Waals surface area contributed by atoms with Gasteiger partial charge in [-0.05, 0) is 98.2 Å². The lowest BCUT2D eigenvalue weighted by molar-refractivity contribution is -0.134. The molecule has 0 radical (unpaired) electrons. The molecule has 0 spiro atoms. The number of rotatable bonds is 7. The fourth-order valence-electron chi connectivity index (χ4n) is 9.85. The van der Waals surface area contributed by atoms with Gasteiger partial charge in [0.15, 0.2) is 0 Å². The van der Waals surface area contributed by atoms with Crippen molar-refractivity contribution in [2.24, 2.45) is 57.7 Å². The summed E-state index contributed by atoms with van der Waals surface area (Å²) < 4.78 is 0.